The Kier molecular flexibility index (Phi) is 9.99. The maximum Gasteiger partial charge on any atom is 0.338 e. The molecule has 0 saturated heterocycles. The Bertz CT molecular complexity index is 2170. The predicted octanol–water partition coefficient (Wildman–Crippen LogP) is 6.34. The Hall–Kier alpha value is -5.25. The van der Waals surface area contributed by atoms with Gasteiger partial charge in [-0.1, -0.05) is 95.7 Å². The Morgan fingerprint density at radius 3 is 2.23 bits per heavy atom. The van der Waals surface area contributed by atoms with Crippen LogP contribution in [0.2, 0.25) is 5.02 Å². The number of carbonyl (C=O) groups excluding carboxylic acids is 2. The highest BCUT2D eigenvalue weighted by Gasteiger charge is 2.35. The van der Waals surface area contributed by atoms with E-state index in [0.717, 1.165) is 11.1 Å². The molecular formula is C38H31ClN2O6S. The second-order valence-electron chi connectivity index (χ2n) is 10.7. The summed E-state index contributed by atoms with van der Waals surface area (Å²) in [7, 11) is 0. The summed E-state index contributed by atoms with van der Waals surface area (Å²) < 4.78 is 18.7. The topological polar surface area (TPSA) is 96.2 Å². The number of esters is 2. The van der Waals surface area contributed by atoms with Crippen LogP contribution in [0.5, 0.6) is 5.75 Å². The number of hydrogen-bond donors (Lipinski definition) is 0. The lowest BCUT2D eigenvalue weighted by Crippen LogP contribution is -2.40. The molecule has 242 valence electrons. The number of halogens is 1. The third-order valence-electron chi connectivity index (χ3n) is 7.62. The van der Waals surface area contributed by atoms with Gasteiger partial charge >= 0.3 is 11.9 Å². The van der Waals surface area contributed by atoms with Crippen LogP contribution in [0, 0.1) is 0 Å². The maximum atomic E-state index is 14.3. The second-order valence-corrected chi connectivity index (χ2v) is 12.2. The highest BCUT2D eigenvalue weighted by Crippen LogP contribution is 2.35. The molecule has 4 aromatic carbocycles. The molecule has 48 heavy (non-hydrogen) atoms. The molecule has 0 N–H and O–H groups in total. The van der Waals surface area contributed by atoms with Crippen LogP contribution < -0.4 is 19.6 Å². The van der Waals surface area contributed by atoms with Gasteiger partial charge < -0.3 is 14.2 Å². The van der Waals surface area contributed by atoms with Crippen LogP contribution in [0.3, 0.4) is 0 Å². The normalized spacial score (nSPS) is 14.2. The largest absolute Gasteiger partial charge is 0.488 e. The molecular weight excluding hydrogens is 648 g/mol. The van der Waals surface area contributed by atoms with Crippen molar-refractivity contribution in [3.05, 3.63) is 161 Å². The number of rotatable bonds is 10. The van der Waals surface area contributed by atoms with E-state index in [4.69, 9.17) is 30.8 Å². The van der Waals surface area contributed by atoms with Gasteiger partial charge in [0.25, 0.3) is 5.56 Å². The first kappa shape index (κ1) is 32.7. The van der Waals surface area contributed by atoms with E-state index < -0.39 is 12.0 Å². The molecule has 1 aliphatic heterocycles. The number of para-hydroxylation sites is 1. The minimum Gasteiger partial charge on any atom is -0.488 e. The standard InChI is InChI=1S/C38H31ClN2O6S/c1-3-45-36(43)27-16-14-24(15-17-27)23-47-30-13-9-8-12-28(30)22-31-35(42)41-34(26-18-20-29(39)21-19-26)32(37(44)46-4-2)33(40-38(41)48-31)25-10-6-5-7-11-25/h5-22,34H,3-4,23H2,1-2H3/b31-22-/t34-/m0/s1. The van der Waals surface area contributed by atoms with E-state index in [0.29, 0.717) is 49.1 Å². The second kappa shape index (κ2) is 14.7. The fourth-order valence-corrected chi connectivity index (χ4v) is 6.50. The minimum absolute atomic E-state index is 0.161. The lowest BCUT2D eigenvalue weighted by atomic mass is 9.93. The van der Waals surface area contributed by atoms with Crippen molar-refractivity contribution in [1.82, 2.24) is 4.57 Å². The number of aromatic nitrogens is 1. The summed E-state index contributed by atoms with van der Waals surface area (Å²) in [6, 6.07) is 30.1. The number of ether oxygens (including phenoxy) is 3. The molecule has 6 rings (SSSR count). The van der Waals surface area contributed by atoms with Crippen molar-refractivity contribution in [2.75, 3.05) is 13.2 Å². The third-order valence-corrected chi connectivity index (χ3v) is 8.86. The zero-order valence-electron chi connectivity index (χ0n) is 26.2. The van der Waals surface area contributed by atoms with E-state index in [-0.39, 0.29) is 30.3 Å². The SMILES string of the molecule is CCOC(=O)C1=C(c2ccccc2)N=c2s/c(=C\c3ccccc3OCc3ccc(C(=O)OCC)cc3)c(=O)n2[C@H]1c1ccc(Cl)cc1. The van der Waals surface area contributed by atoms with Gasteiger partial charge in [0, 0.05) is 16.1 Å². The fourth-order valence-electron chi connectivity index (χ4n) is 5.39. The van der Waals surface area contributed by atoms with E-state index in [1.165, 1.54) is 11.3 Å². The summed E-state index contributed by atoms with van der Waals surface area (Å²) in [4.78, 5) is 45.3. The first-order chi connectivity index (χ1) is 23.4. The van der Waals surface area contributed by atoms with Crippen molar-refractivity contribution in [1.29, 1.82) is 0 Å². The molecule has 1 aliphatic rings. The number of carbonyl (C=O) groups is 2. The molecule has 0 radical (unpaired) electrons. The van der Waals surface area contributed by atoms with Gasteiger partial charge in [0.05, 0.1) is 40.6 Å². The summed E-state index contributed by atoms with van der Waals surface area (Å²) in [5.74, 6) is -0.354. The van der Waals surface area contributed by atoms with E-state index in [2.05, 4.69) is 0 Å². The lowest BCUT2D eigenvalue weighted by Gasteiger charge is -2.25. The van der Waals surface area contributed by atoms with Crippen LogP contribution in [0.1, 0.15) is 52.5 Å². The summed E-state index contributed by atoms with van der Waals surface area (Å²) in [5, 5.41) is 0.530. The number of fused-ring (bicyclic) bond motifs is 1. The monoisotopic (exact) mass is 678 g/mol. The fraction of sp³-hybridized carbons (Fsp3) is 0.158. The molecule has 1 atom stereocenters. The number of thiazole rings is 1. The third kappa shape index (κ3) is 6.88. The van der Waals surface area contributed by atoms with Crippen molar-refractivity contribution in [2.45, 2.75) is 26.5 Å². The maximum absolute atomic E-state index is 14.3. The molecule has 8 nitrogen and oxygen atoms in total. The first-order valence-electron chi connectivity index (χ1n) is 15.4. The predicted molar refractivity (Wildman–Crippen MR) is 186 cm³/mol. The quantitative estimate of drug-likeness (QED) is 0.160. The molecule has 0 amide bonds. The minimum atomic E-state index is -0.806. The molecule has 0 spiro atoms. The molecule has 10 heteroatoms. The molecule has 0 aliphatic carbocycles. The Balaban J connectivity index is 1.43. The zero-order chi connectivity index (χ0) is 33.6. The van der Waals surface area contributed by atoms with E-state index >= 15 is 0 Å². The van der Waals surface area contributed by atoms with Gasteiger partial charge in [-0.2, -0.15) is 0 Å². The van der Waals surface area contributed by atoms with Crippen molar-refractivity contribution < 1.29 is 23.8 Å². The van der Waals surface area contributed by atoms with Gasteiger partial charge in [-0.15, -0.1) is 0 Å². The van der Waals surface area contributed by atoms with Crippen molar-refractivity contribution in [3.8, 4) is 5.75 Å². The number of hydrogen-bond acceptors (Lipinski definition) is 8. The van der Waals surface area contributed by atoms with Gasteiger partial charge in [-0.05, 0) is 61.4 Å². The smallest absolute Gasteiger partial charge is 0.338 e. The van der Waals surface area contributed by atoms with Crippen LogP contribution in [-0.2, 0) is 20.9 Å². The average Bonchev–Trinajstić information content (AvgIpc) is 3.42. The van der Waals surface area contributed by atoms with Crippen LogP contribution in [-0.4, -0.2) is 29.7 Å². The van der Waals surface area contributed by atoms with Crippen LogP contribution in [0.15, 0.2) is 118 Å². The zero-order valence-corrected chi connectivity index (χ0v) is 27.8. The van der Waals surface area contributed by atoms with E-state index in [9.17, 15) is 14.4 Å². The van der Waals surface area contributed by atoms with Crippen molar-refractivity contribution >= 4 is 46.6 Å². The highest BCUT2D eigenvalue weighted by molar-refractivity contribution is 7.07. The Morgan fingerprint density at radius 1 is 0.854 bits per heavy atom. The molecule has 0 unspecified atom stereocenters. The van der Waals surface area contributed by atoms with Crippen LogP contribution in [0.4, 0.5) is 0 Å². The number of benzene rings is 4. The van der Waals surface area contributed by atoms with Gasteiger partial charge in [0.1, 0.15) is 12.4 Å². The molecule has 0 fully saturated rings. The van der Waals surface area contributed by atoms with Crippen molar-refractivity contribution in [2.24, 2.45) is 4.99 Å². The summed E-state index contributed by atoms with van der Waals surface area (Å²) in [5.41, 5.74) is 3.85. The summed E-state index contributed by atoms with van der Waals surface area (Å²) in [6.07, 6.45) is 1.78. The van der Waals surface area contributed by atoms with Crippen LogP contribution >= 0.6 is 22.9 Å². The molecule has 0 bridgehead atoms. The summed E-state index contributed by atoms with van der Waals surface area (Å²) in [6.45, 7) is 4.22. The van der Waals surface area contributed by atoms with Gasteiger partial charge in [0.15, 0.2) is 4.80 Å². The van der Waals surface area contributed by atoms with Gasteiger partial charge in [-0.3, -0.25) is 9.36 Å². The van der Waals surface area contributed by atoms with Gasteiger partial charge in [0.2, 0.25) is 0 Å². The van der Waals surface area contributed by atoms with E-state index in [1.54, 1.807) is 60.9 Å². The molecule has 1 aromatic heterocycles. The van der Waals surface area contributed by atoms with Gasteiger partial charge in [-0.25, -0.2) is 14.6 Å². The van der Waals surface area contributed by atoms with E-state index in [1.807, 2.05) is 66.7 Å². The molecule has 2 heterocycles. The first-order valence-corrected chi connectivity index (χ1v) is 16.6. The lowest BCUT2D eigenvalue weighted by molar-refractivity contribution is -0.138. The number of nitrogens with zero attached hydrogens (tertiary/aromatic N) is 2. The molecule has 0 saturated carbocycles. The van der Waals surface area contributed by atoms with Crippen molar-refractivity contribution in [3.63, 3.8) is 0 Å². The Morgan fingerprint density at radius 2 is 1.52 bits per heavy atom. The highest BCUT2D eigenvalue weighted by atomic mass is 35.5. The summed E-state index contributed by atoms with van der Waals surface area (Å²) >= 11 is 7.47. The van der Waals surface area contributed by atoms with Crippen LogP contribution in [0.25, 0.3) is 11.8 Å². The average molecular weight is 679 g/mol. The Labute approximate surface area is 285 Å². The molecule has 5 aromatic rings.